The van der Waals surface area contributed by atoms with Gasteiger partial charge in [0.2, 0.25) is 11.8 Å². The van der Waals surface area contributed by atoms with E-state index in [1.165, 1.54) is 24.3 Å². The highest BCUT2D eigenvalue weighted by Gasteiger charge is 2.51. The highest BCUT2D eigenvalue weighted by atomic mass is 19.1. The Morgan fingerprint density at radius 1 is 0.909 bits per heavy atom. The van der Waals surface area contributed by atoms with Gasteiger partial charge in [-0.05, 0) is 136 Å². The van der Waals surface area contributed by atoms with Gasteiger partial charge < -0.3 is 34.0 Å². The summed E-state index contributed by atoms with van der Waals surface area (Å²) in [5, 5.41) is 14.4. The van der Waals surface area contributed by atoms with Crippen molar-refractivity contribution in [2.45, 2.75) is 114 Å². The number of nitrogens with one attached hydrogen (secondary N) is 1. The molecule has 18 heteroatoms. The van der Waals surface area contributed by atoms with E-state index in [2.05, 4.69) is 32.9 Å². The Bertz CT molecular complexity index is 3430. The zero-order chi connectivity index (χ0) is 52.7. The van der Waals surface area contributed by atoms with Crippen molar-refractivity contribution in [2.75, 3.05) is 57.5 Å². The van der Waals surface area contributed by atoms with Crippen LogP contribution in [0.5, 0.6) is 11.8 Å². The number of rotatable bonds is 7. The third kappa shape index (κ3) is 8.64. The summed E-state index contributed by atoms with van der Waals surface area (Å²) in [6, 6.07) is 10.5. The van der Waals surface area contributed by atoms with Gasteiger partial charge in [-0.2, -0.15) is 9.97 Å². The first kappa shape index (κ1) is 49.2. The molecule has 1 saturated carbocycles. The molecule has 5 aromatic rings. The van der Waals surface area contributed by atoms with Crippen LogP contribution in [0, 0.1) is 47.2 Å². The number of phenols is 1. The predicted molar refractivity (Wildman–Crippen MR) is 279 cm³/mol. The van der Waals surface area contributed by atoms with Crippen molar-refractivity contribution in [3.63, 3.8) is 0 Å². The molecular formula is C59H58F2N8O8. The normalized spacial score (nSPS) is 24.8. The highest BCUT2D eigenvalue weighted by molar-refractivity contribution is 6.06. The third-order valence-electron chi connectivity index (χ3n) is 18.0. The fraction of sp³-hybridized carbons (Fsp3) is 0.475. The first-order valence-corrected chi connectivity index (χ1v) is 27.1. The molecule has 7 aliphatic heterocycles. The van der Waals surface area contributed by atoms with Gasteiger partial charge in [-0.25, -0.2) is 18.6 Å². The minimum atomic E-state index is -0.758. The number of halogens is 2. The van der Waals surface area contributed by atoms with E-state index < -0.39 is 23.6 Å². The molecule has 396 valence electrons. The second-order valence-corrected chi connectivity index (χ2v) is 22.5. The first-order chi connectivity index (χ1) is 37.4. The van der Waals surface area contributed by atoms with Crippen molar-refractivity contribution in [1.29, 1.82) is 0 Å². The summed E-state index contributed by atoms with van der Waals surface area (Å²) in [5.41, 5.74) is 2.62. The molecule has 3 aromatic carbocycles. The van der Waals surface area contributed by atoms with E-state index in [1.54, 1.807) is 11.0 Å². The van der Waals surface area contributed by atoms with Gasteiger partial charge in [0.05, 0.1) is 34.8 Å². The highest BCUT2D eigenvalue weighted by Crippen LogP contribution is 2.53. The molecule has 6 fully saturated rings. The topological polar surface area (TPSA) is 180 Å². The fourth-order valence-electron chi connectivity index (χ4n) is 14.0. The molecule has 2 aromatic heterocycles. The number of hydrogen-bond donors (Lipinski definition) is 2. The minimum Gasteiger partial charge on any atom is -0.508 e. The minimum absolute atomic E-state index is 0.00566. The molecule has 1 unspecified atom stereocenters. The van der Waals surface area contributed by atoms with Crippen LogP contribution in [-0.2, 0) is 32.0 Å². The number of benzene rings is 3. The number of anilines is 1. The van der Waals surface area contributed by atoms with Crippen molar-refractivity contribution in [2.24, 2.45) is 11.3 Å². The number of carbonyl (C=O) groups is 4. The zero-order valence-electron chi connectivity index (χ0n) is 42.7. The summed E-state index contributed by atoms with van der Waals surface area (Å²) >= 11 is 0. The van der Waals surface area contributed by atoms with Crippen LogP contribution < -0.4 is 15.0 Å². The van der Waals surface area contributed by atoms with Gasteiger partial charge in [0.15, 0.2) is 5.82 Å². The number of aromatic nitrogens is 3. The Balaban J connectivity index is 0.656. The number of nitrogens with zero attached hydrogens (tertiary/aromatic N) is 7. The Morgan fingerprint density at radius 2 is 1.77 bits per heavy atom. The van der Waals surface area contributed by atoms with Gasteiger partial charge in [0.25, 0.3) is 5.91 Å². The maximum atomic E-state index is 17.5. The number of terminal acetylenes is 1. The number of aryl methyl sites for hydroxylation is 1. The Morgan fingerprint density at radius 3 is 2.60 bits per heavy atom. The molecule has 1 aliphatic carbocycles. The molecule has 8 aliphatic rings. The summed E-state index contributed by atoms with van der Waals surface area (Å²) < 4.78 is 51.4. The number of imide groups is 1. The van der Waals surface area contributed by atoms with Gasteiger partial charge in [0.1, 0.15) is 47.9 Å². The molecule has 9 heterocycles. The summed E-state index contributed by atoms with van der Waals surface area (Å²) in [5.74, 6) is 7.49. The number of ether oxygens (including phenoxy) is 3. The number of carbonyl (C=O) groups excluding carboxylic acids is 4. The number of piperidine rings is 2. The van der Waals surface area contributed by atoms with E-state index in [-0.39, 0.29) is 106 Å². The molecule has 77 heavy (non-hydrogen) atoms. The summed E-state index contributed by atoms with van der Waals surface area (Å²) in [4.78, 5) is 73.6. The van der Waals surface area contributed by atoms with Crippen LogP contribution >= 0.6 is 0 Å². The predicted octanol–water partition coefficient (Wildman–Crippen LogP) is 7.17. The second kappa shape index (κ2) is 19.2. The van der Waals surface area contributed by atoms with Crippen LogP contribution in [0.3, 0.4) is 0 Å². The number of fused-ring (bicyclic) bond motifs is 5. The molecule has 4 atom stereocenters. The lowest BCUT2D eigenvalue weighted by atomic mass is 9.58. The largest absolute Gasteiger partial charge is 0.508 e. The lowest BCUT2D eigenvalue weighted by Crippen LogP contribution is -2.52. The summed E-state index contributed by atoms with van der Waals surface area (Å²) in [6.07, 6.45) is 15.1. The van der Waals surface area contributed by atoms with E-state index in [0.29, 0.717) is 86.5 Å². The smallest absolute Gasteiger partial charge is 0.409 e. The Hall–Kier alpha value is -7.41. The molecule has 0 radical (unpaired) electrons. The average molecular weight is 1050 g/mol. The van der Waals surface area contributed by atoms with E-state index in [1.807, 2.05) is 17.0 Å². The molecule has 4 amide bonds. The molecule has 2 N–H and O–H groups in total. The van der Waals surface area contributed by atoms with Gasteiger partial charge in [-0.3, -0.25) is 24.6 Å². The fourth-order valence-corrected chi connectivity index (χ4v) is 14.0. The van der Waals surface area contributed by atoms with Crippen LogP contribution in [0.15, 0.2) is 42.5 Å². The van der Waals surface area contributed by atoms with Gasteiger partial charge >= 0.3 is 12.1 Å². The molecule has 16 nitrogen and oxygen atoms in total. The maximum absolute atomic E-state index is 17.5. The summed E-state index contributed by atoms with van der Waals surface area (Å²) in [6.45, 7) is 4.60. The van der Waals surface area contributed by atoms with Crippen molar-refractivity contribution in [3.8, 4) is 47.2 Å². The molecular weight excluding hydrogens is 987 g/mol. The number of likely N-dealkylation sites (tertiary alicyclic amines) is 1. The Labute approximate surface area is 443 Å². The van der Waals surface area contributed by atoms with Crippen molar-refractivity contribution >= 4 is 51.3 Å². The standard InChI is InChI=1S/C59H58F2N8O8/c1-2-41-44(60)11-8-36-26-40(70)27-43(48(36)41)51-50(61)52-49-45(62-51)12-9-38-31-75-24-4-20-67(38)53(49)65-56(64-52)77-33-59-16-3-21-69(59)39(15-17-59)32-76-57(74)66-22-18-58(19-23-66)28-35(29-58)6-5-34-7-10-42-37(25-34)30-68(55(42)73)46-13-14-47(71)63-54(46)72/h1,7-8,10-11,25-27,35,38-39,46,70H,3-4,9,12-24,28-33H2,(H,63,71,72)/t38-,39-,46?,59-/m0/s1. The number of amides is 4. The average Bonchev–Trinajstić information content (AvgIpc) is 4.00. The van der Waals surface area contributed by atoms with E-state index in [4.69, 9.17) is 35.6 Å². The zero-order valence-corrected chi connectivity index (χ0v) is 42.7. The first-order valence-electron chi connectivity index (χ1n) is 27.1. The number of phenolic OH excluding ortho intramolecular Hbond substituents is 1. The van der Waals surface area contributed by atoms with Crippen molar-refractivity contribution in [3.05, 3.63) is 82.0 Å². The van der Waals surface area contributed by atoms with Crippen LogP contribution in [0.25, 0.3) is 32.9 Å². The Kier molecular flexibility index (Phi) is 12.3. The molecule has 0 bridgehead atoms. The van der Waals surface area contributed by atoms with Crippen LogP contribution in [0.1, 0.15) is 110 Å². The monoisotopic (exact) mass is 1040 g/mol. The van der Waals surface area contributed by atoms with Crippen LogP contribution in [0.2, 0.25) is 0 Å². The third-order valence-corrected chi connectivity index (χ3v) is 18.0. The van der Waals surface area contributed by atoms with Crippen molar-refractivity contribution < 1.29 is 47.3 Å². The lowest BCUT2D eigenvalue weighted by Gasteiger charge is -2.50. The number of aromatic hydroxyl groups is 1. The lowest BCUT2D eigenvalue weighted by molar-refractivity contribution is -0.136. The van der Waals surface area contributed by atoms with Gasteiger partial charge in [-0.15, -0.1) is 6.42 Å². The van der Waals surface area contributed by atoms with Gasteiger partial charge in [-0.1, -0.05) is 23.8 Å². The van der Waals surface area contributed by atoms with E-state index in [0.717, 1.165) is 75.5 Å². The molecule has 1 spiro atoms. The van der Waals surface area contributed by atoms with Crippen LogP contribution in [-0.4, -0.2) is 135 Å². The SMILES string of the molecule is C#Cc1c(F)ccc2cc(O)cc(-c3nc4c5c(nc(OC[C@@]67CCCN6[C@H](COC(=O)N6CCC8(CC6)CC(C#Cc6ccc9c(c6)CN(C6CCC(=O)NC6=O)C9=O)C8)CC7)nc5c3F)N3CCCOC[C@@H]3CC4)c12. The van der Waals surface area contributed by atoms with E-state index in [9.17, 15) is 24.3 Å². The maximum Gasteiger partial charge on any atom is 0.409 e. The second-order valence-electron chi connectivity index (χ2n) is 22.5. The number of pyridine rings is 1. The van der Waals surface area contributed by atoms with Crippen molar-refractivity contribution in [1.82, 2.24) is 35.0 Å². The van der Waals surface area contributed by atoms with Crippen LogP contribution in [0.4, 0.5) is 19.4 Å². The summed E-state index contributed by atoms with van der Waals surface area (Å²) in [7, 11) is 0. The quantitative estimate of drug-likeness (QED) is 0.124. The molecule has 5 saturated heterocycles. The van der Waals surface area contributed by atoms with Gasteiger partial charge in [0, 0.05) is 73.2 Å². The van der Waals surface area contributed by atoms with E-state index >= 15 is 8.78 Å². The molecule has 13 rings (SSSR count). The number of hydrogen-bond acceptors (Lipinski definition) is 13.